The molecule has 2 aliphatic rings. The van der Waals surface area contributed by atoms with Crippen molar-refractivity contribution in [2.24, 2.45) is 11.8 Å². The summed E-state index contributed by atoms with van der Waals surface area (Å²) in [5.74, 6) is 2.14. The lowest BCUT2D eigenvalue weighted by molar-refractivity contribution is 0.244. The zero-order valence-electron chi connectivity index (χ0n) is 11.0. The van der Waals surface area contributed by atoms with E-state index in [1.165, 1.54) is 64.3 Å². The van der Waals surface area contributed by atoms with Gasteiger partial charge in [0, 0.05) is 6.04 Å². The Labute approximate surface area is 101 Å². The van der Waals surface area contributed by atoms with Gasteiger partial charge in [-0.15, -0.1) is 0 Å². The van der Waals surface area contributed by atoms with Crippen LogP contribution in [0.3, 0.4) is 0 Å². The van der Waals surface area contributed by atoms with Gasteiger partial charge in [0.2, 0.25) is 0 Å². The second kappa shape index (κ2) is 6.64. The quantitative estimate of drug-likeness (QED) is 0.739. The lowest BCUT2D eigenvalue weighted by atomic mass is 9.80. The normalized spacial score (nSPS) is 32.1. The Bertz CT molecular complexity index is 184. The third-order valence-corrected chi connectivity index (χ3v) is 4.61. The van der Waals surface area contributed by atoms with E-state index in [1.807, 2.05) is 0 Å². The topological polar surface area (TPSA) is 12.0 Å². The summed E-state index contributed by atoms with van der Waals surface area (Å²) in [5, 5.41) is 3.73. The second-order valence-corrected chi connectivity index (χ2v) is 6.07. The predicted octanol–water partition coefficient (Wildman–Crippen LogP) is 4.13. The van der Waals surface area contributed by atoms with Gasteiger partial charge in [-0.05, 0) is 44.1 Å². The minimum absolute atomic E-state index is 0.847. The second-order valence-electron chi connectivity index (χ2n) is 6.07. The molecular weight excluding hydrogens is 194 g/mol. The highest BCUT2D eigenvalue weighted by molar-refractivity contribution is 4.80. The average Bonchev–Trinajstić information content (AvgIpc) is 2.80. The summed E-state index contributed by atoms with van der Waals surface area (Å²) < 4.78 is 0. The van der Waals surface area contributed by atoms with Crippen molar-refractivity contribution in [1.29, 1.82) is 0 Å². The molecule has 2 unspecified atom stereocenters. The summed E-state index contributed by atoms with van der Waals surface area (Å²) in [6, 6.07) is 0.847. The molecule has 0 aliphatic heterocycles. The third-order valence-electron chi connectivity index (χ3n) is 4.61. The molecule has 0 radical (unpaired) electrons. The molecule has 94 valence electrons. The van der Waals surface area contributed by atoms with Crippen LogP contribution in [-0.4, -0.2) is 12.6 Å². The van der Waals surface area contributed by atoms with Gasteiger partial charge in [0.1, 0.15) is 0 Å². The SMILES string of the molecule is CCCNC1CCCC(CC2CCCC2)C1. The Morgan fingerprint density at radius 2 is 1.69 bits per heavy atom. The maximum absolute atomic E-state index is 3.73. The molecule has 0 spiro atoms. The summed E-state index contributed by atoms with van der Waals surface area (Å²) in [7, 11) is 0. The van der Waals surface area contributed by atoms with Crippen LogP contribution in [0.15, 0.2) is 0 Å². The summed E-state index contributed by atoms with van der Waals surface area (Å²) in [5.41, 5.74) is 0. The largest absolute Gasteiger partial charge is 0.314 e. The van der Waals surface area contributed by atoms with E-state index in [0.29, 0.717) is 0 Å². The van der Waals surface area contributed by atoms with E-state index in [-0.39, 0.29) is 0 Å². The fourth-order valence-electron chi connectivity index (χ4n) is 3.76. The molecule has 1 nitrogen and oxygen atoms in total. The Hall–Kier alpha value is -0.0400. The van der Waals surface area contributed by atoms with Gasteiger partial charge in [0.15, 0.2) is 0 Å². The van der Waals surface area contributed by atoms with Crippen LogP contribution < -0.4 is 5.32 Å². The summed E-state index contributed by atoms with van der Waals surface area (Å²) in [6.45, 7) is 3.49. The summed E-state index contributed by atoms with van der Waals surface area (Å²) in [6.07, 6.45) is 14.8. The molecular formula is C15H29N. The van der Waals surface area contributed by atoms with Crippen LogP contribution in [0.2, 0.25) is 0 Å². The van der Waals surface area contributed by atoms with Gasteiger partial charge < -0.3 is 5.32 Å². The minimum Gasteiger partial charge on any atom is -0.314 e. The molecule has 0 saturated heterocycles. The van der Waals surface area contributed by atoms with Gasteiger partial charge in [0.25, 0.3) is 0 Å². The molecule has 16 heavy (non-hydrogen) atoms. The Morgan fingerprint density at radius 1 is 0.938 bits per heavy atom. The lowest BCUT2D eigenvalue weighted by Crippen LogP contribution is -2.35. The fourth-order valence-corrected chi connectivity index (χ4v) is 3.76. The average molecular weight is 223 g/mol. The number of hydrogen-bond acceptors (Lipinski definition) is 1. The Balaban J connectivity index is 1.68. The van der Waals surface area contributed by atoms with Crippen molar-refractivity contribution in [2.45, 2.75) is 77.2 Å². The molecule has 1 N–H and O–H groups in total. The van der Waals surface area contributed by atoms with Crippen LogP contribution in [0.5, 0.6) is 0 Å². The van der Waals surface area contributed by atoms with Gasteiger partial charge in [-0.1, -0.05) is 45.4 Å². The highest BCUT2D eigenvalue weighted by atomic mass is 14.9. The molecule has 0 aromatic carbocycles. The zero-order chi connectivity index (χ0) is 11.2. The smallest absolute Gasteiger partial charge is 0.00697 e. The molecule has 0 aromatic rings. The van der Waals surface area contributed by atoms with Crippen LogP contribution >= 0.6 is 0 Å². The van der Waals surface area contributed by atoms with Gasteiger partial charge in [-0.25, -0.2) is 0 Å². The molecule has 0 bridgehead atoms. The number of rotatable bonds is 5. The minimum atomic E-state index is 0.847. The molecule has 2 fully saturated rings. The van der Waals surface area contributed by atoms with Gasteiger partial charge >= 0.3 is 0 Å². The molecule has 0 heterocycles. The van der Waals surface area contributed by atoms with Crippen molar-refractivity contribution >= 4 is 0 Å². The molecule has 2 aliphatic carbocycles. The molecule has 2 rings (SSSR count). The van der Waals surface area contributed by atoms with Gasteiger partial charge in [-0.2, -0.15) is 0 Å². The van der Waals surface area contributed by atoms with E-state index in [4.69, 9.17) is 0 Å². The van der Waals surface area contributed by atoms with Gasteiger partial charge in [-0.3, -0.25) is 0 Å². The highest BCUT2D eigenvalue weighted by Gasteiger charge is 2.25. The monoisotopic (exact) mass is 223 g/mol. The van der Waals surface area contributed by atoms with E-state index in [0.717, 1.165) is 17.9 Å². The van der Waals surface area contributed by atoms with Gasteiger partial charge in [0.05, 0.1) is 0 Å². The van der Waals surface area contributed by atoms with E-state index in [1.54, 1.807) is 6.42 Å². The summed E-state index contributed by atoms with van der Waals surface area (Å²) >= 11 is 0. The predicted molar refractivity (Wildman–Crippen MR) is 70.6 cm³/mol. The van der Waals surface area contributed by atoms with Crippen molar-refractivity contribution in [2.75, 3.05) is 6.54 Å². The van der Waals surface area contributed by atoms with Crippen LogP contribution in [0.1, 0.15) is 71.1 Å². The molecule has 2 saturated carbocycles. The Morgan fingerprint density at radius 3 is 2.44 bits per heavy atom. The molecule has 0 amide bonds. The first-order chi connectivity index (χ1) is 7.88. The van der Waals surface area contributed by atoms with Crippen molar-refractivity contribution < 1.29 is 0 Å². The van der Waals surface area contributed by atoms with E-state index in [9.17, 15) is 0 Å². The first kappa shape index (κ1) is 12.4. The summed E-state index contributed by atoms with van der Waals surface area (Å²) in [4.78, 5) is 0. The first-order valence-corrected chi connectivity index (χ1v) is 7.62. The highest BCUT2D eigenvalue weighted by Crippen LogP contribution is 2.35. The molecule has 0 aromatic heterocycles. The van der Waals surface area contributed by atoms with Crippen LogP contribution in [0.25, 0.3) is 0 Å². The van der Waals surface area contributed by atoms with Crippen molar-refractivity contribution in [3.63, 3.8) is 0 Å². The van der Waals surface area contributed by atoms with Crippen molar-refractivity contribution in [3.05, 3.63) is 0 Å². The third kappa shape index (κ3) is 3.76. The molecule has 1 heteroatoms. The van der Waals surface area contributed by atoms with Crippen molar-refractivity contribution in [1.82, 2.24) is 5.32 Å². The molecule has 2 atom stereocenters. The number of nitrogens with one attached hydrogen (secondary N) is 1. The van der Waals surface area contributed by atoms with Crippen LogP contribution in [-0.2, 0) is 0 Å². The Kier molecular flexibility index (Phi) is 5.15. The van der Waals surface area contributed by atoms with E-state index < -0.39 is 0 Å². The van der Waals surface area contributed by atoms with Crippen molar-refractivity contribution in [3.8, 4) is 0 Å². The standard InChI is InChI=1S/C15H29N/c1-2-10-16-15-9-5-8-14(12-15)11-13-6-3-4-7-13/h13-16H,2-12H2,1H3. The lowest BCUT2D eigenvalue weighted by Gasteiger charge is -2.31. The maximum atomic E-state index is 3.73. The van der Waals surface area contributed by atoms with E-state index in [2.05, 4.69) is 12.2 Å². The number of hydrogen-bond donors (Lipinski definition) is 1. The zero-order valence-corrected chi connectivity index (χ0v) is 11.0. The first-order valence-electron chi connectivity index (χ1n) is 7.62. The maximum Gasteiger partial charge on any atom is 0.00697 e. The van der Waals surface area contributed by atoms with E-state index >= 15 is 0 Å². The van der Waals surface area contributed by atoms with Crippen LogP contribution in [0, 0.1) is 11.8 Å². The van der Waals surface area contributed by atoms with Crippen LogP contribution in [0.4, 0.5) is 0 Å². The fraction of sp³-hybridized carbons (Fsp3) is 1.00.